The third kappa shape index (κ3) is 5.83. The van der Waals surface area contributed by atoms with E-state index in [2.05, 4.69) is 0 Å². The number of likely N-dealkylation sites (N-methyl/N-ethyl adjacent to an activating group) is 1. The molecule has 0 N–H and O–H groups in total. The van der Waals surface area contributed by atoms with Gasteiger partial charge in [0.05, 0.1) is 18.7 Å². The number of ether oxygens (including phenoxy) is 3. The second kappa shape index (κ2) is 9.05. The Kier molecular flexibility index (Phi) is 7.41. The summed E-state index contributed by atoms with van der Waals surface area (Å²) in [5.41, 5.74) is 0.648. The van der Waals surface area contributed by atoms with E-state index in [4.69, 9.17) is 25.8 Å². The number of hydrogen-bond donors (Lipinski definition) is 0. The van der Waals surface area contributed by atoms with Crippen LogP contribution in [0.1, 0.15) is 12.5 Å². The molecule has 1 amide bonds. The zero-order valence-electron chi connectivity index (χ0n) is 13.6. The van der Waals surface area contributed by atoms with Crippen molar-refractivity contribution in [3.63, 3.8) is 0 Å². The summed E-state index contributed by atoms with van der Waals surface area (Å²) >= 11 is 6.12. The summed E-state index contributed by atoms with van der Waals surface area (Å²) in [6, 6.07) is 3.33. The van der Waals surface area contributed by atoms with Crippen LogP contribution in [0.25, 0.3) is 6.08 Å². The van der Waals surface area contributed by atoms with Gasteiger partial charge in [0.1, 0.15) is 0 Å². The fourth-order valence-electron chi connectivity index (χ4n) is 1.62. The minimum absolute atomic E-state index is 0.294. The molecule has 6 nitrogen and oxygen atoms in total. The Balaban J connectivity index is 2.79. The molecule has 1 aromatic rings. The van der Waals surface area contributed by atoms with Crippen molar-refractivity contribution >= 4 is 29.6 Å². The van der Waals surface area contributed by atoms with Crippen molar-refractivity contribution in [3.8, 4) is 11.5 Å². The van der Waals surface area contributed by atoms with Crippen LogP contribution in [0, 0.1) is 0 Å². The number of methoxy groups -OCH3 is 1. The Hall–Kier alpha value is -2.21. The predicted molar refractivity (Wildman–Crippen MR) is 87.9 cm³/mol. The molecule has 0 aliphatic heterocycles. The molecule has 0 spiro atoms. The Bertz CT molecular complexity index is 598. The van der Waals surface area contributed by atoms with Crippen LogP contribution in [-0.2, 0) is 14.3 Å². The summed E-state index contributed by atoms with van der Waals surface area (Å²) in [6.07, 6.45) is 2.74. The van der Waals surface area contributed by atoms with Crippen molar-refractivity contribution in [2.75, 3.05) is 34.4 Å². The molecule has 0 fully saturated rings. The lowest BCUT2D eigenvalue weighted by molar-refractivity contribution is -0.146. The number of carbonyl (C=O) groups excluding carboxylic acids is 2. The molecular formula is C16H20ClNO5. The molecule has 0 heterocycles. The van der Waals surface area contributed by atoms with E-state index in [-0.39, 0.29) is 12.5 Å². The van der Waals surface area contributed by atoms with Gasteiger partial charge in [-0.3, -0.25) is 4.79 Å². The number of nitrogens with zero attached hydrogens (tertiary/aromatic N) is 1. The minimum Gasteiger partial charge on any atom is -0.491 e. The summed E-state index contributed by atoms with van der Waals surface area (Å²) < 4.78 is 15.5. The van der Waals surface area contributed by atoms with Gasteiger partial charge in [0.2, 0.25) is 0 Å². The monoisotopic (exact) mass is 341 g/mol. The van der Waals surface area contributed by atoms with E-state index in [0.29, 0.717) is 28.7 Å². The number of hydrogen-bond acceptors (Lipinski definition) is 5. The number of benzene rings is 1. The van der Waals surface area contributed by atoms with Gasteiger partial charge in [-0.1, -0.05) is 11.6 Å². The number of rotatable bonds is 7. The van der Waals surface area contributed by atoms with Gasteiger partial charge < -0.3 is 19.1 Å². The quantitative estimate of drug-likeness (QED) is 0.563. The molecule has 0 saturated heterocycles. The van der Waals surface area contributed by atoms with E-state index in [1.165, 1.54) is 24.2 Å². The van der Waals surface area contributed by atoms with E-state index >= 15 is 0 Å². The topological polar surface area (TPSA) is 65.1 Å². The van der Waals surface area contributed by atoms with E-state index in [1.807, 2.05) is 6.92 Å². The molecular weight excluding hydrogens is 322 g/mol. The fourth-order valence-corrected chi connectivity index (χ4v) is 1.92. The highest BCUT2D eigenvalue weighted by molar-refractivity contribution is 6.32. The Morgan fingerprint density at radius 1 is 1.30 bits per heavy atom. The maximum atomic E-state index is 11.6. The number of amides is 1. The first-order chi connectivity index (χ1) is 10.9. The molecule has 0 unspecified atom stereocenters. The van der Waals surface area contributed by atoms with Crippen molar-refractivity contribution in [3.05, 3.63) is 28.8 Å². The van der Waals surface area contributed by atoms with Gasteiger partial charge in [0, 0.05) is 20.2 Å². The second-order valence-corrected chi connectivity index (χ2v) is 5.10. The lowest BCUT2D eigenvalue weighted by atomic mass is 10.2. The summed E-state index contributed by atoms with van der Waals surface area (Å²) in [5, 5.41) is 0.370. The maximum Gasteiger partial charge on any atom is 0.331 e. The maximum absolute atomic E-state index is 11.6. The van der Waals surface area contributed by atoms with Gasteiger partial charge in [0.25, 0.3) is 5.91 Å². The number of halogens is 1. The summed E-state index contributed by atoms with van der Waals surface area (Å²) in [6.45, 7) is 1.99. The van der Waals surface area contributed by atoms with Crippen LogP contribution in [0.3, 0.4) is 0 Å². The first-order valence-corrected chi connectivity index (χ1v) is 7.32. The fraction of sp³-hybridized carbons (Fsp3) is 0.375. The highest BCUT2D eigenvalue weighted by Gasteiger charge is 2.11. The summed E-state index contributed by atoms with van der Waals surface area (Å²) in [7, 11) is 4.67. The Morgan fingerprint density at radius 3 is 2.57 bits per heavy atom. The van der Waals surface area contributed by atoms with Crippen LogP contribution in [0.5, 0.6) is 11.5 Å². The first-order valence-electron chi connectivity index (χ1n) is 6.94. The zero-order valence-corrected chi connectivity index (χ0v) is 14.3. The minimum atomic E-state index is -0.620. The molecule has 23 heavy (non-hydrogen) atoms. The van der Waals surface area contributed by atoms with Gasteiger partial charge in [-0.2, -0.15) is 0 Å². The molecule has 0 bridgehead atoms. The zero-order chi connectivity index (χ0) is 17.4. The van der Waals surface area contributed by atoms with E-state index < -0.39 is 5.97 Å². The highest BCUT2D eigenvalue weighted by Crippen LogP contribution is 2.36. The van der Waals surface area contributed by atoms with Crippen LogP contribution in [0.15, 0.2) is 18.2 Å². The van der Waals surface area contributed by atoms with Crippen LogP contribution in [-0.4, -0.2) is 51.2 Å². The first kappa shape index (κ1) is 18.8. The largest absolute Gasteiger partial charge is 0.491 e. The average molecular weight is 342 g/mol. The van der Waals surface area contributed by atoms with Crippen molar-refractivity contribution in [1.29, 1.82) is 0 Å². The summed E-state index contributed by atoms with van der Waals surface area (Å²) in [5.74, 6) is 0.00565. The van der Waals surface area contributed by atoms with E-state index in [1.54, 1.807) is 26.2 Å². The van der Waals surface area contributed by atoms with Crippen LogP contribution < -0.4 is 9.47 Å². The SMILES string of the molecule is CCOc1cc(/C=C/C(=O)OCC(=O)N(C)C)cc(Cl)c1OC. The molecule has 1 rings (SSSR count). The molecule has 0 aromatic heterocycles. The summed E-state index contributed by atoms with van der Waals surface area (Å²) in [4.78, 5) is 24.3. The van der Waals surface area contributed by atoms with Crippen molar-refractivity contribution in [2.24, 2.45) is 0 Å². The van der Waals surface area contributed by atoms with Gasteiger partial charge in [-0.15, -0.1) is 0 Å². The third-order valence-corrected chi connectivity index (χ3v) is 3.07. The van der Waals surface area contributed by atoms with E-state index in [9.17, 15) is 9.59 Å². The van der Waals surface area contributed by atoms with Gasteiger partial charge >= 0.3 is 5.97 Å². The lowest BCUT2D eigenvalue weighted by Crippen LogP contribution is -2.27. The number of carbonyl (C=O) groups is 2. The standard InChI is InChI=1S/C16H20ClNO5/c1-5-22-13-9-11(8-12(17)16(13)21-4)6-7-15(20)23-10-14(19)18(2)3/h6-9H,5,10H2,1-4H3/b7-6+. The normalized spacial score (nSPS) is 10.5. The van der Waals surface area contributed by atoms with Crippen molar-refractivity contribution in [1.82, 2.24) is 4.90 Å². The highest BCUT2D eigenvalue weighted by atomic mass is 35.5. The van der Waals surface area contributed by atoms with Gasteiger partial charge in [0.15, 0.2) is 18.1 Å². The molecule has 0 saturated carbocycles. The van der Waals surface area contributed by atoms with Crippen LogP contribution in [0.2, 0.25) is 5.02 Å². The van der Waals surface area contributed by atoms with Crippen LogP contribution >= 0.6 is 11.6 Å². The Morgan fingerprint density at radius 2 is 2.00 bits per heavy atom. The molecule has 126 valence electrons. The van der Waals surface area contributed by atoms with Crippen molar-refractivity contribution < 1.29 is 23.8 Å². The van der Waals surface area contributed by atoms with E-state index in [0.717, 1.165) is 0 Å². The molecule has 1 aromatic carbocycles. The molecule has 7 heteroatoms. The van der Waals surface area contributed by atoms with Crippen molar-refractivity contribution in [2.45, 2.75) is 6.92 Å². The Labute approximate surface area is 140 Å². The average Bonchev–Trinajstić information content (AvgIpc) is 2.50. The molecule has 0 atom stereocenters. The molecule has 0 aliphatic carbocycles. The lowest BCUT2D eigenvalue weighted by Gasteiger charge is -2.11. The number of esters is 1. The third-order valence-electron chi connectivity index (χ3n) is 2.78. The smallest absolute Gasteiger partial charge is 0.331 e. The molecule has 0 aliphatic rings. The molecule has 0 radical (unpaired) electrons. The predicted octanol–water partition coefficient (Wildman–Crippen LogP) is 2.39. The van der Waals surface area contributed by atoms with Gasteiger partial charge in [-0.25, -0.2) is 4.79 Å². The second-order valence-electron chi connectivity index (χ2n) is 4.70. The van der Waals surface area contributed by atoms with Crippen LogP contribution in [0.4, 0.5) is 0 Å². The van der Waals surface area contributed by atoms with Gasteiger partial charge in [-0.05, 0) is 30.7 Å².